The molecular formula is C21H29N3O11. The summed E-state index contributed by atoms with van der Waals surface area (Å²) in [5.74, 6) is -5.82. The zero-order valence-corrected chi connectivity index (χ0v) is 19.1. The molecule has 0 atom stereocenters. The average Bonchev–Trinajstić information content (AvgIpc) is 2.83. The summed E-state index contributed by atoms with van der Waals surface area (Å²) < 4.78 is 11.0. The van der Waals surface area contributed by atoms with Gasteiger partial charge in [-0.25, -0.2) is 19.2 Å². The van der Waals surface area contributed by atoms with Gasteiger partial charge in [0.25, 0.3) is 0 Å². The van der Waals surface area contributed by atoms with E-state index in [1.165, 1.54) is 0 Å². The smallest absolute Gasteiger partial charge is 0.414 e. The van der Waals surface area contributed by atoms with Crippen LogP contribution in [0.15, 0.2) is 18.2 Å². The van der Waals surface area contributed by atoms with E-state index in [1.54, 1.807) is 0 Å². The molecule has 2 heterocycles. The highest BCUT2D eigenvalue weighted by Gasteiger charge is 2.17. The van der Waals surface area contributed by atoms with E-state index in [2.05, 4.69) is 22.0 Å². The molecular weight excluding hydrogens is 470 g/mol. The average molecular weight is 499 g/mol. The van der Waals surface area contributed by atoms with E-state index in [0.717, 1.165) is 50.7 Å². The molecule has 0 spiro atoms. The first-order valence-electron chi connectivity index (χ1n) is 10.6. The summed E-state index contributed by atoms with van der Waals surface area (Å²) in [5.41, 5.74) is 0.759. The molecule has 0 unspecified atom stereocenters. The summed E-state index contributed by atoms with van der Waals surface area (Å²) in [6, 6.07) is 5.52. The molecule has 0 saturated carbocycles. The van der Waals surface area contributed by atoms with Crippen LogP contribution < -0.4 is 14.8 Å². The van der Waals surface area contributed by atoms with Gasteiger partial charge in [0.1, 0.15) is 13.2 Å². The molecule has 1 aromatic carbocycles. The normalized spacial score (nSPS) is 14.8. The number of aliphatic carboxylic acids is 4. The van der Waals surface area contributed by atoms with Gasteiger partial charge in [-0.1, -0.05) is 6.92 Å². The van der Waals surface area contributed by atoms with Crippen molar-refractivity contribution in [1.82, 2.24) is 9.80 Å². The Bertz CT molecular complexity index is 851. The first kappa shape index (κ1) is 29.1. The van der Waals surface area contributed by atoms with Gasteiger partial charge in [0, 0.05) is 50.9 Å². The topological polar surface area (TPSA) is 203 Å². The maximum Gasteiger partial charge on any atom is 0.414 e. The second-order valence-electron chi connectivity index (χ2n) is 7.15. The molecule has 194 valence electrons. The SMILES string of the molecule is CCN1CCN(CCC(=O)Nc2ccc3c(c2)OCCO3)CC1.O=C(O)C(=O)O.O=C(O)C(=O)O. The van der Waals surface area contributed by atoms with Crippen LogP contribution in [-0.4, -0.2) is 112 Å². The zero-order valence-electron chi connectivity index (χ0n) is 19.1. The van der Waals surface area contributed by atoms with Gasteiger partial charge in [-0.05, 0) is 18.7 Å². The van der Waals surface area contributed by atoms with Crippen molar-refractivity contribution < 1.29 is 53.9 Å². The van der Waals surface area contributed by atoms with E-state index in [-0.39, 0.29) is 5.91 Å². The molecule has 14 heteroatoms. The van der Waals surface area contributed by atoms with Gasteiger partial charge in [0.05, 0.1) is 0 Å². The number of fused-ring (bicyclic) bond motifs is 1. The monoisotopic (exact) mass is 499 g/mol. The molecule has 1 amide bonds. The summed E-state index contributed by atoms with van der Waals surface area (Å²) in [6.45, 7) is 9.53. The number of nitrogens with one attached hydrogen (secondary N) is 1. The van der Waals surface area contributed by atoms with Crippen molar-refractivity contribution in [3.05, 3.63) is 18.2 Å². The molecule has 0 bridgehead atoms. The lowest BCUT2D eigenvalue weighted by atomic mass is 10.2. The molecule has 14 nitrogen and oxygen atoms in total. The largest absolute Gasteiger partial charge is 0.486 e. The number of carbonyl (C=O) groups is 5. The van der Waals surface area contributed by atoms with E-state index in [9.17, 15) is 4.79 Å². The Labute approximate surface area is 200 Å². The minimum absolute atomic E-state index is 0.0413. The first-order chi connectivity index (χ1) is 16.5. The Morgan fingerprint density at radius 3 is 1.77 bits per heavy atom. The molecule has 3 rings (SSSR count). The van der Waals surface area contributed by atoms with Gasteiger partial charge < -0.3 is 45.0 Å². The first-order valence-corrected chi connectivity index (χ1v) is 10.6. The van der Waals surface area contributed by atoms with E-state index < -0.39 is 23.9 Å². The van der Waals surface area contributed by atoms with Crippen molar-refractivity contribution in [1.29, 1.82) is 0 Å². The molecule has 1 aromatic rings. The Balaban J connectivity index is 0.000000425. The number of benzene rings is 1. The number of carboxylic acids is 4. The summed E-state index contributed by atoms with van der Waals surface area (Å²) in [7, 11) is 0. The number of rotatable bonds is 5. The summed E-state index contributed by atoms with van der Waals surface area (Å²) in [4.78, 5) is 53.3. The highest BCUT2D eigenvalue weighted by atomic mass is 16.6. The Kier molecular flexibility index (Phi) is 12.5. The lowest BCUT2D eigenvalue weighted by molar-refractivity contribution is -0.159. The number of carboxylic acid groups (broad SMARTS) is 4. The Morgan fingerprint density at radius 2 is 1.29 bits per heavy atom. The third kappa shape index (κ3) is 11.7. The lowest BCUT2D eigenvalue weighted by Crippen LogP contribution is -2.46. The highest BCUT2D eigenvalue weighted by Crippen LogP contribution is 2.32. The standard InChI is InChI=1S/C17H25N3O3.2C2H2O4/c1-2-19-7-9-20(10-8-19)6-5-17(21)18-14-3-4-15-16(13-14)23-12-11-22-15;2*3-1(4)2(5)6/h3-4,13H,2,5-12H2,1H3,(H,18,21);2*(H,3,4)(H,5,6). The zero-order chi connectivity index (χ0) is 26.4. The van der Waals surface area contributed by atoms with Crippen molar-refractivity contribution in [2.75, 3.05) is 57.8 Å². The number of carbonyl (C=O) groups excluding carboxylic acids is 1. The second kappa shape index (κ2) is 15.1. The fourth-order valence-corrected chi connectivity index (χ4v) is 2.93. The predicted molar refractivity (Wildman–Crippen MR) is 120 cm³/mol. The number of ether oxygens (including phenoxy) is 2. The highest BCUT2D eigenvalue weighted by molar-refractivity contribution is 6.27. The van der Waals surface area contributed by atoms with Crippen LogP contribution in [0.4, 0.5) is 5.69 Å². The van der Waals surface area contributed by atoms with Gasteiger partial charge in [0.2, 0.25) is 5.91 Å². The van der Waals surface area contributed by atoms with Crippen LogP contribution in [0, 0.1) is 0 Å². The molecule has 1 fully saturated rings. The predicted octanol–water partition coefficient (Wildman–Crippen LogP) is -0.265. The third-order valence-corrected chi connectivity index (χ3v) is 4.76. The van der Waals surface area contributed by atoms with Crippen LogP contribution in [0.2, 0.25) is 0 Å². The number of piperazine rings is 1. The van der Waals surface area contributed by atoms with Crippen LogP contribution in [0.1, 0.15) is 13.3 Å². The lowest BCUT2D eigenvalue weighted by Gasteiger charge is -2.33. The fourth-order valence-electron chi connectivity index (χ4n) is 2.93. The van der Waals surface area contributed by atoms with Gasteiger partial charge in [0.15, 0.2) is 11.5 Å². The van der Waals surface area contributed by atoms with Crippen LogP contribution >= 0.6 is 0 Å². The number of likely N-dealkylation sites (N-methyl/N-ethyl adjacent to an activating group) is 1. The van der Waals surface area contributed by atoms with Crippen molar-refractivity contribution in [2.45, 2.75) is 13.3 Å². The summed E-state index contributed by atoms with van der Waals surface area (Å²) in [6.07, 6.45) is 0.514. The number of hydrogen-bond acceptors (Lipinski definition) is 9. The molecule has 35 heavy (non-hydrogen) atoms. The number of amides is 1. The maximum atomic E-state index is 12.1. The summed E-state index contributed by atoms with van der Waals surface area (Å²) >= 11 is 0. The molecule has 0 aliphatic carbocycles. The number of hydrogen-bond donors (Lipinski definition) is 5. The molecule has 2 aliphatic rings. The van der Waals surface area contributed by atoms with E-state index >= 15 is 0 Å². The van der Waals surface area contributed by atoms with Crippen LogP contribution in [-0.2, 0) is 24.0 Å². The Morgan fingerprint density at radius 1 is 0.800 bits per heavy atom. The number of anilines is 1. The van der Waals surface area contributed by atoms with Crippen molar-refractivity contribution in [3.8, 4) is 11.5 Å². The Hall–Kier alpha value is -3.91. The molecule has 1 saturated heterocycles. The minimum atomic E-state index is -1.82. The van der Waals surface area contributed by atoms with Crippen LogP contribution in [0.5, 0.6) is 11.5 Å². The van der Waals surface area contributed by atoms with Crippen molar-refractivity contribution in [2.24, 2.45) is 0 Å². The number of nitrogens with zero attached hydrogens (tertiary/aromatic N) is 2. The fraction of sp³-hybridized carbons (Fsp3) is 0.476. The molecule has 0 radical (unpaired) electrons. The molecule has 5 N–H and O–H groups in total. The third-order valence-electron chi connectivity index (χ3n) is 4.76. The van der Waals surface area contributed by atoms with E-state index in [0.29, 0.717) is 25.4 Å². The molecule has 2 aliphatic heterocycles. The van der Waals surface area contributed by atoms with Gasteiger partial charge >= 0.3 is 23.9 Å². The summed E-state index contributed by atoms with van der Waals surface area (Å²) in [5, 5.41) is 32.5. The van der Waals surface area contributed by atoms with E-state index in [4.69, 9.17) is 49.1 Å². The van der Waals surface area contributed by atoms with Crippen LogP contribution in [0.3, 0.4) is 0 Å². The van der Waals surface area contributed by atoms with E-state index in [1.807, 2.05) is 18.2 Å². The van der Waals surface area contributed by atoms with Crippen molar-refractivity contribution >= 4 is 35.5 Å². The van der Waals surface area contributed by atoms with Crippen molar-refractivity contribution in [3.63, 3.8) is 0 Å². The van der Waals surface area contributed by atoms with Gasteiger partial charge in [-0.15, -0.1) is 0 Å². The quantitative estimate of drug-likeness (QED) is 0.332. The minimum Gasteiger partial charge on any atom is -0.486 e. The van der Waals surface area contributed by atoms with Gasteiger partial charge in [-0.3, -0.25) is 4.79 Å². The van der Waals surface area contributed by atoms with Crippen LogP contribution in [0.25, 0.3) is 0 Å². The maximum absolute atomic E-state index is 12.1. The second-order valence-corrected chi connectivity index (χ2v) is 7.15. The van der Waals surface area contributed by atoms with Gasteiger partial charge in [-0.2, -0.15) is 0 Å². The molecule has 0 aromatic heterocycles.